The molecule has 0 amide bonds. The number of benzene rings is 1. The van der Waals surface area contributed by atoms with Crippen LogP contribution in [0.4, 0.5) is 0 Å². The maximum atomic E-state index is 11.9. The van der Waals surface area contributed by atoms with Crippen molar-refractivity contribution in [3.05, 3.63) is 63.4 Å². The van der Waals surface area contributed by atoms with E-state index in [1.807, 2.05) is 36.4 Å². The van der Waals surface area contributed by atoms with E-state index in [0.717, 1.165) is 16.9 Å². The Kier molecular flexibility index (Phi) is 4.11. The van der Waals surface area contributed by atoms with Gasteiger partial charge in [0.2, 0.25) is 0 Å². The highest BCUT2D eigenvalue weighted by Crippen LogP contribution is 2.17. The van der Waals surface area contributed by atoms with Gasteiger partial charge in [-0.25, -0.2) is 0 Å². The summed E-state index contributed by atoms with van der Waals surface area (Å²) < 4.78 is 0. The van der Waals surface area contributed by atoms with Crippen LogP contribution in [0.2, 0.25) is 0 Å². The summed E-state index contributed by atoms with van der Waals surface area (Å²) in [7, 11) is 0. The zero-order chi connectivity index (χ0) is 13.0. The van der Waals surface area contributed by atoms with Gasteiger partial charge in [-0.1, -0.05) is 31.2 Å². The first-order chi connectivity index (χ1) is 8.69. The number of rotatable bonds is 4. The fourth-order valence-corrected chi connectivity index (χ4v) is 2.48. The predicted molar refractivity (Wildman–Crippen MR) is 78.2 cm³/mol. The van der Waals surface area contributed by atoms with Crippen LogP contribution in [0.3, 0.4) is 0 Å². The highest BCUT2D eigenvalue weighted by Gasteiger charge is 2.01. The molecule has 2 aromatic rings. The molecule has 0 spiro atoms. The fraction of sp³-hybridized carbons (Fsp3) is 0.188. The molecule has 92 valence electrons. The van der Waals surface area contributed by atoms with Crippen molar-refractivity contribution in [2.75, 3.05) is 0 Å². The molecule has 1 nitrogen and oxygen atoms in total. The molecule has 1 aromatic heterocycles. The number of carbonyl (C=O) groups excluding carboxylic acids is 1. The molecule has 0 aliphatic carbocycles. The number of carbonyl (C=O) groups is 1. The number of hydrogen-bond acceptors (Lipinski definition) is 2. The van der Waals surface area contributed by atoms with Crippen molar-refractivity contribution in [3.8, 4) is 0 Å². The number of thiophene rings is 1. The van der Waals surface area contributed by atoms with E-state index in [9.17, 15) is 4.79 Å². The van der Waals surface area contributed by atoms with Gasteiger partial charge in [0.25, 0.3) is 0 Å². The molecule has 18 heavy (non-hydrogen) atoms. The SMILES string of the molecule is CCc1ccc(C(=O)C=Cc2ccc(C)s2)cc1. The number of aryl methyl sites for hydroxylation is 2. The molecule has 0 fully saturated rings. The second kappa shape index (κ2) is 5.78. The van der Waals surface area contributed by atoms with Gasteiger partial charge in [0, 0.05) is 15.3 Å². The van der Waals surface area contributed by atoms with Gasteiger partial charge in [-0.05, 0) is 43.2 Å². The lowest BCUT2D eigenvalue weighted by molar-refractivity contribution is 0.104. The van der Waals surface area contributed by atoms with E-state index in [1.54, 1.807) is 17.4 Å². The maximum absolute atomic E-state index is 11.9. The Bertz CT molecular complexity index is 561. The van der Waals surface area contributed by atoms with E-state index >= 15 is 0 Å². The normalized spacial score (nSPS) is 11.0. The molecule has 0 unspecified atom stereocenters. The molecule has 0 aliphatic heterocycles. The molecular weight excluding hydrogens is 240 g/mol. The lowest BCUT2D eigenvalue weighted by Gasteiger charge is -1.98. The summed E-state index contributed by atoms with van der Waals surface area (Å²) in [4.78, 5) is 14.3. The summed E-state index contributed by atoms with van der Waals surface area (Å²) in [5, 5.41) is 0. The standard InChI is InChI=1S/C16H16OS/c1-3-13-5-7-14(8-6-13)16(17)11-10-15-9-4-12(2)18-15/h4-11H,3H2,1-2H3. The largest absolute Gasteiger partial charge is 0.289 e. The maximum Gasteiger partial charge on any atom is 0.185 e. The van der Waals surface area contributed by atoms with E-state index in [0.29, 0.717) is 0 Å². The van der Waals surface area contributed by atoms with Crippen LogP contribution in [0, 0.1) is 6.92 Å². The molecule has 0 bridgehead atoms. The highest BCUT2D eigenvalue weighted by molar-refractivity contribution is 7.12. The minimum Gasteiger partial charge on any atom is -0.289 e. The van der Waals surface area contributed by atoms with Crippen molar-refractivity contribution in [1.29, 1.82) is 0 Å². The van der Waals surface area contributed by atoms with Crippen LogP contribution in [0.15, 0.2) is 42.5 Å². The number of hydrogen-bond donors (Lipinski definition) is 0. The summed E-state index contributed by atoms with van der Waals surface area (Å²) in [6, 6.07) is 11.9. The van der Waals surface area contributed by atoms with Crippen LogP contribution >= 0.6 is 11.3 Å². The van der Waals surface area contributed by atoms with Gasteiger partial charge in [-0.15, -0.1) is 11.3 Å². The third-order valence-electron chi connectivity index (χ3n) is 2.81. The van der Waals surface area contributed by atoms with Gasteiger partial charge in [-0.2, -0.15) is 0 Å². The van der Waals surface area contributed by atoms with E-state index in [-0.39, 0.29) is 5.78 Å². The third kappa shape index (κ3) is 3.17. The van der Waals surface area contributed by atoms with E-state index in [1.165, 1.54) is 10.4 Å². The van der Waals surface area contributed by atoms with Crippen LogP contribution in [0.5, 0.6) is 0 Å². The summed E-state index contributed by atoms with van der Waals surface area (Å²) in [6.45, 7) is 4.17. The predicted octanol–water partition coefficient (Wildman–Crippen LogP) is 4.52. The summed E-state index contributed by atoms with van der Waals surface area (Å²) >= 11 is 1.69. The van der Waals surface area contributed by atoms with Gasteiger partial charge >= 0.3 is 0 Å². The molecule has 2 rings (SSSR count). The third-order valence-corrected chi connectivity index (χ3v) is 3.77. The highest BCUT2D eigenvalue weighted by atomic mass is 32.1. The Hall–Kier alpha value is -1.67. The average Bonchev–Trinajstić information content (AvgIpc) is 2.82. The minimum absolute atomic E-state index is 0.0590. The van der Waals surface area contributed by atoms with Crippen molar-refractivity contribution in [3.63, 3.8) is 0 Å². The molecule has 0 aliphatic rings. The second-order valence-corrected chi connectivity index (χ2v) is 5.52. The topological polar surface area (TPSA) is 17.1 Å². The van der Waals surface area contributed by atoms with Gasteiger partial charge in [0.15, 0.2) is 5.78 Å². The van der Waals surface area contributed by atoms with Crippen molar-refractivity contribution in [1.82, 2.24) is 0 Å². The molecule has 1 heterocycles. The van der Waals surface area contributed by atoms with Crippen molar-refractivity contribution >= 4 is 23.2 Å². The summed E-state index contributed by atoms with van der Waals surface area (Å²) in [5.74, 6) is 0.0590. The van der Waals surface area contributed by atoms with E-state index < -0.39 is 0 Å². The minimum atomic E-state index is 0.0590. The molecule has 2 heteroatoms. The fourth-order valence-electron chi connectivity index (χ4n) is 1.70. The first-order valence-corrected chi connectivity index (χ1v) is 6.88. The Morgan fingerprint density at radius 2 is 1.89 bits per heavy atom. The van der Waals surface area contributed by atoms with Crippen LogP contribution in [-0.2, 0) is 6.42 Å². The van der Waals surface area contributed by atoms with Crippen molar-refractivity contribution in [2.24, 2.45) is 0 Å². The van der Waals surface area contributed by atoms with Crippen LogP contribution in [-0.4, -0.2) is 5.78 Å². The van der Waals surface area contributed by atoms with Crippen molar-refractivity contribution < 1.29 is 4.79 Å². The number of allylic oxidation sites excluding steroid dienone is 1. The van der Waals surface area contributed by atoms with Crippen LogP contribution in [0.1, 0.15) is 32.6 Å². The monoisotopic (exact) mass is 256 g/mol. The molecule has 0 radical (unpaired) electrons. The van der Waals surface area contributed by atoms with Gasteiger partial charge in [0.05, 0.1) is 0 Å². The molecule has 0 saturated carbocycles. The first kappa shape index (κ1) is 12.8. The van der Waals surface area contributed by atoms with E-state index in [4.69, 9.17) is 0 Å². The van der Waals surface area contributed by atoms with Gasteiger partial charge in [-0.3, -0.25) is 4.79 Å². The smallest absolute Gasteiger partial charge is 0.185 e. The average molecular weight is 256 g/mol. The number of ketones is 1. The Balaban J connectivity index is 2.09. The second-order valence-electron chi connectivity index (χ2n) is 4.20. The summed E-state index contributed by atoms with van der Waals surface area (Å²) in [5.41, 5.74) is 2.00. The quantitative estimate of drug-likeness (QED) is 0.581. The Morgan fingerprint density at radius 3 is 2.44 bits per heavy atom. The molecule has 0 atom stereocenters. The Labute approximate surface area is 112 Å². The zero-order valence-corrected chi connectivity index (χ0v) is 11.5. The van der Waals surface area contributed by atoms with Crippen molar-refractivity contribution in [2.45, 2.75) is 20.3 Å². The van der Waals surface area contributed by atoms with E-state index in [2.05, 4.69) is 19.9 Å². The van der Waals surface area contributed by atoms with Crippen LogP contribution in [0.25, 0.3) is 6.08 Å². The molecule has 1 aromatic carbocycles. The zero-order valence-electron chi connectivity index (χ0n) is 10.6. The Morgan fingerprint density at radius 1 is 1.17 bits per heavy atom. The lowest BCUT2D eigenvalue weighted by Crippen LogP contribution is -1.94. The lowest BCUT2D eigenvalue weighted by atomic mass is 10.1. The first-order valence-electron chi connectivity index (χ1n) is 6.07. The molecular formula is C16H16OS. The van der Waals surface area contributed by atoms with Gasteiger partial charge < -0.3 is 0 Å². The van der Waals surface area contributed by atoms with Gasteiger partial charge in [0.1, 0.15) is 0 Å². The summed E-state index contributed by atoms with van der Waals surface area (Å²) in [6.07, 6.45) is 4.53. The molecule has 0 saturated heterocycles. The molecule has 0 N–H and O–H groups in total. The van der Waals surface area contributed by atoms with Crippen LogP contribution < -0.4 is 0 Å².